The molecule has 0 aliphatic carbocycles. The van der Waals surface area contributed by atoms with E-state index in [1.807, 2.05) is 0 Å². The van der Waals surface area contributed by atoms with Gasteiger partial charge >= 0.3 is 164 Å². The average molecular weight is 465 g/mol. The second-order valence-electron chi connectivity index (χ2n) is 7.50. The summed E-state index contributed by atoms with van der Waals surface area (Å²) in [6.07, 6.45) is 15.8. The Bertz CT molecular complexity index is 310. The van der Waals surface area contributed by atoms with Crippen molar-refractivity contribution in [2.75, 3.05) is 6.61 Å². The van der Waals surface area contributed by atoms with Gasteiger partial charge in [0.05, 0.1) is 0 Å². The normalized spacial score (nSPS) is 13.9. The van der Waals surface area contributed by atoms with Gasteiger partial charge in [0.25, 0.3) is 0 Å². The van der Waals surface area contributed by atoms with E-state index in [-0.39, 0.29) is 5.97 Å². The number of ether oxygens (including phenoxy) is 1. The van der Waals surface area contributed by atoms with Crippen molar-refractivity contribution in [2.45, 2.75) is 110 Å². The van der Waals surface area contributed by atoms with Gasteiger partial charge in [0.2, 0.25) is 0 Å². The molecule has 0 fully saturated rings. The fourth-order valence-corrected chi connectivity index (χ4v) is 7.01. The van der Waals surface area contributed by atoms with E-state index in [0.717, 1.165) is 19.3 Å². The Morgan fingerprint density at radius 3 is 1.79 bits per heavy atom. The Balaban J connectivity index is 4.01. The molecule has 144 valence electrons. The van der Waals surface area contributed by atoms with Crippen LogP contribution >= 0.6 is 12.6 Å². The zero-order valence-corrected chi connectivity index (χ0v) is 20.9. The number of carbonyl (C=O) groups excluding carboxylic acids is 1. The van der Waals surface area contributed by atoms with Crippen LogP contribution in [0.25, 0.3) is 0 Å². The van der Waals surface area contributed by atoms with Gasteiger partial charge in [-0.25, -0.2) is 0 Å². The third-order valence-electron chi connectivity index (χ3n) is 4.95. The molecule has 4 heteroatoms. The molecular weight excluding hydrogens is 423 g/mol. The van der Waals surface area contributed by atoms with E-state index < -0.39 is 22.5 Å². The molecule has 0 rings (SSSR count). The summed E-state index contributed by atoms with van der Waals surface area (Å²) in [6.45, 7) is 5.06. The first-order chi connectivity index (χ1) is 11.5. The van der Waals surface area contributed by atoms with Crippen LogP contribution in [0.1, 0.15) is 97.3 Å². The molecule has 0 saturated heterocycles. The van der Waals surface area contributed by atoms with E-state index in [0.29, 0.717) is 6.61 Å². The van der Waals surface area contributed by atoms with Gasteiger partial charge in [-0.05, 0) is 0 Å². The number of hydrogen-bond donors (Lipinski definition) is 1. The SMILES string of the molecule is CCCCCCCCOC(=O)[C](S)(CCCCCCCC)[SnH]([CH3])[CH3]. The van der Waals surface area contributed by atoms with Crippen LogP contribution in [0, 0.1) is 0 Å². The van der Waals surface area contributed by atoms with Gasteiger partial charge < -0.3 is 0 Å². The molecule has 0 aromatic carbocycles. The van der Waals surface area contributed by atoms with Crippen molar-refractivity contribution in [3.05, 3.63) is 0 Å². The molecule has 24 heavy (non-hydrogen) atoms. The first-order valence-electron chi connectivity index (χ1n) is 10.4. The van der Waals surface area contributed by atoms with Crippen LogP contribution in [-0.4, -0.2) is 35.1 Å². The van der Waals surface area contributed by atoms with E-state index in [1.165, 1.54) is 64.2 Å². The van der Waals surface area contributed by atoms with Gasteiger partial charge in [-0.15, -0.1) is 0 Å². The minimum atomic E-state index is -1.93. The first kappa shape index (κ1) is 24.6. The number of carbonyl (C=O) groups is 1. The first-order valence-corrected chi connectivity index (χ1v) is 19.1. The number of rotatable bonds is 16. The van der Waals surface area contributed by atoms with Crippen LogP contribution in [0.5, 0.6) is 0 Å². The molecule has 0 heterocycles. The molecule has 2 nitrogen and oxygen atoms in total. The summed E-state index contributed by atoms with van der Waals surface area (Å²) in [4.78, 5) is 17.1. The predicted molar refractivity (Wildman–Crippen MR) is 113 cm³/mol. The Hall–Kier alpha value is 0.619. The Labute approximate surface area is 164 Å². The zero-order valence-electron chi connectivity index (χ0n) is 16.7. The fraction of sp³-hybridized carbons (Fsp3) is 0.950. The summed E-state index contributed by atoms with van der Waals surface area (Å²) in [5, 5.41) is 0. The molecule has 1 unspecified atom stereocenters. The summed E-state index contributed by atoms with van der Waals surface area (Å²) in [5.74, 6) is -0.0150. The maximum atomic E-state index is 12.6. The molecular formula is C20H42O2SSn. The molecule has 0 aromatic heterocycles. The summed E-state index contributed by atoms with van der Waals surface area (Å²) in [7, 11) is 0. The number of esters is 1. The molecule has 0 bridgehead atoms. The summed E-state index contributed by atoms with van der Waals surface area (Å²) in [5.41, 5.74) is 0. The van der Waals surface area contributed by atoms with Crippen LogP contribution in [0.2, 0.25) is 9.88 Å². The molecule has 1 atom stereocenters. The Kier molecular flexibility index (Phi) is 16.2. The van der Waals surface area contributed by atoms with Crippen LogP contribution in [0.15, 0.2) is 0 Å². The van der Waals surface area contributed by atoms with Gasteiger partial charge in [-0.1, -0.05) is 0 Å². The zero-order chi connectivity index (χ0) is 18.3. The molecule has 0 aromatic rings. The number of hydrogen-bond acceptors (Lipinski definition) is 3. The van der Waals surface area contributed by atoms with Gasteiger partial charge in [0.15, 0.2) is 0 Å². The minimum absolute atomic E-state index is 0.0150. The summed E-state index contributed by atoms with van der Waals surface area (Å²) >= 11 is 2.91. The van der Waals surface area contributed by atoms with Crippen molar-refractivity contribution in [2.24, 2.45) is 0 Å². The molecule has 0 saturated carbocycles. The Morgan fingerprint density at radius 2 is 1.29 bits per heavy atom. The van der Waals surface area contributed by atoms with Crippen LogP contribution < -0.4 is 0 Å². The van der Waals surface area contributed by atoms with Crippen molar-refractivity contribution in [1.29, 1.82) is 0 Å². The average Bonchev–Trinajstić information content (AvgIpc) is 2.56. The predicted octanol–water partition coefficient (Wildman–Crippen LogP) is 6.34. The van der Waals surface area contributed by atoms with Crippen LogP contribution in [-0.2, 0) is 9.53 Å². The fourth-order valence-electron chi connectivity index (χ4n) is 2.97. The maximum absolute atomic E-state index is 12.6. The van der Waals surface area contributed by atoms with Gasteiger partial charge in [0, 0.05) is 0 Å². The summed E-state index contributed by atoms with van der Waals surface area (Å²) in [6, 6.07) is 0. The van der Waals surface area contributed by atoms with Gasteiger partial charge in [-0.3, -0.25) is 0 Å². The number of unbranched alkanes of at least 4 members (excludes halogenated alkanes) is 10. The molecule has 0 aliphatic heterocycles. The molecule has 0 amide bonds. The van der Waals surface area contributed by atoms with Crippen molar-refractivity contribution < 1.29 is 9.53 Å². The standard InChI is InChI=1S/C18H35O2S.2CH3.Sn.H/c1-3-5-7-9-11-13-15-17(21)18(19)20-16-14-12-10-8-6-4-2;;;;/h21H,3-16H2,1-2H3;2*1H3;;. The molecule has 0 spiro atoms. The van der Waals surface area contributed by atoms with Crippen LogP contribution in [0.4, 0.5) is 0 Å². The number of thiol groups is 1. The topological polar surface area (TPSA) is 26.3 Å². The van der Waals surface area contributed by atoms with Crippen LogP contribution in [0.3, 0.4) is 0 Å². The van der Waals surface area contributed by atoms with Crippen molar-refractivity contribution >= 4 is 38.4 Å². The monoisotopic (exact) mass is 466 g/mol. The van der Waals surface area contributed by atoms with Crippen molar-refractivity contribution in [3.63, 3.8) is 0 Å². The van der Waals surface area contributed by atoms with E-state index in [9.17, 15) is 4.79 Å². The molecule has 0 N–H and O–H groups in total. The summed E-state index contributed by atoms with van der Waals surface area (Å²) < 4.78 is 5.20. The van der Waals surface area contributed by atoms with Gasteiger partial charge in [-0.2, -0.15) is 0 Å². The third kappa shape index (κ3) is 11.3. The van der Waals surface area contributed by atoms with Gasteiger partial charge in [0.1, 0.15) is 0 Å². The second kappa shape index (κ2) is 15.8. The van der Waals surface area contributed by atoms with E-state index in [1.54, 1.807) is 0 Å². The van der Waals surface area contributed by atoms with E-state index in [2.05, 4.69) is 23.7 Å². The third-order valence-corrected chi connectivity index (χ3v) is 15.8. The quantitative estimate of drug-likeness (QED) is 0.125. The van der Waals surface area contributed by atoms with E-state index >= 15 is 0 Å². The Morgan fingerprint density at radius 1 is 0.833 bits per heavy atom. The van der Waals surface area contributed by atoms with Crippen molar-refractivity contribution in [1.82, 2.24) is 0 Å². The molecule has 0 radical (unpaired) electrons. The molecule has 0 aliphatic rings. The second-order valence-corrected chi connectivity index (χ2v) is 19.1. The van der Waals surface area contributed by atoms with E-state index in [4.69, 9.17) is 17.4 Å². The van der Waals surface area contributed by atoms with Crippen molar-refractivity contribution in [3.8, 4) is 0 Å².